The second-order valence-corrected chi connectivity index (χ2v) is 10.2. The monoisotopic (exact) mass is 195 g/mol. The third-order valence-electron chi connectivity index (χ3n) is 2.42. The Labute approximate surface area is 83.1 Å². The molecule has 0 saturated heterocycles. The van der Waals surface area contributed by atoms with Crippen LogP contribution in [0, 0.1) is 0 Å². The topological polar surface area (TPSA) is 3.24 Å². The fraction of sp³-hybridized carbons (Fsp3) is 0.636. The number of rotatable bonds is 3. The smallest absolute Gasteiger partial charge is 0.0732 e. The van der Waals surface area contributed by atoms with Gasteiger partial charge in [-0.05, 0) is 26.1 Å². The van der Waals surface area contributed by atoms with Gasteiger partial charge in [0.15, 0.2) is 0 Å². The van der Waals surface area contributed by atoms with E-state index >= 15 is 0 Å². The highest BCUT2D eigenvalue weighted by Gasteiger charge is 2.23. The SMILES string of the molecule is CN(C)CC1=C([Si](C)(C)C)CC=C1. The molecule has 0 amide bonds. The van der Waals surface area contributed by atoms with Crippen molar-refractivity contribution >= 4 is 8.07 Å². The zero-order chi connectivity index (χ0) is 10.1. The van der Waals surface area contributed by atoms with E-state index in [2.05, 4.69) is 50.8 Å². The molecule has 13 heavy (non-hydrogen) atoms. The van der Waals surface area contributed by atoms with Crippen LogP contribution in [0.5, 0.6) is 0 Å². The lowest BCUT2D eigenvalue weighted by molar-refractivity contribution is 0.448. The van der Waals surface area contributed by atoms with Crippen molar-refractivity contribution in [3.8, 4) is 0 Å². The maximum Gasteiger partial charge on any atom is 0.0732 e. The van der Waals surface area contributed by atoms with E-state index in [4.69, 9.17) is 0 Å². The fourth-order valence-electron chi connectivity index (χ4n) is 1.83. The molecule has 0 saturated carbocycles. The van der Waals surface area contributed by atoms with Crippen LogP contribution >= 0.6 is 0 Å². The van der Waals surface area contributed by atoms with Crippen molar-refractivity contribution in [1.82, 2.24) is 4.90 Å². The molecular weight excluding hydrogens is 174 g/mol. The molecule has 2 heteroatoms. The minimum atomic E-state index is -1.06. The van der Waals surface area contributed by atoms with Gasteiger partial charge in [0.25, 0.3) is 0 Å². The summed E-state index contributed by atoms with van der Waals surface area (Å²) >= 11 is 0. The van der Waals surface area contributed by atoms with E-state index in [1.807, 2.05) is 0 Å². The molecule has 1 rings (SSSR count). The molecule has 0 bridgehead atoms. The first-order chi connectivity index (χ1) is 5.91. The summed E-state index contributed by atoms with van der Waals surface area (Å²) < 4.78 is 0. The Bertz CT molecular complexity index is 243. The van der Waals surface area contributed by atoms with E-state index in [9.17, 15) is 0 Å². The van der Waals surface area contributed by atoms with E-state index in [0.717, 1.165) is 6.54 Å². The summed E-state index contributed by atoms with van der Waals surface area (Å²) in [6.07, 6.45) is 5.83. The molecule has 0 N–H and O–H groups in total. The summed E-state index contributed by atoms with van der Waals surface area (Å²) in [5.41, 5.74) is 1.57. The normalized spacial score (nSPS) is 17.7. The number of hydrogen-bond donors (Lipinski definition) is 0. The lowest BCUT2D eigenvalue weighted by Gasteiger charge is -2.22. The second-order valence-electron chi connectivity index (χ2n) is 5.10. The van der Waals surface area contributed by atoms with E-state index < -0.39 is 8.07 Å². The molecule has 0 radical (unpaired) electrons. The number of nitrogens with zero attached hydrogens (tertiary/aromatic N) is 1. The van der Waals surface area contributed by atoms with Gasteiger partial charge < -0.3 is 4.90 Å². The molecule has 1 aliphatic rings. The van der Waals surface area contributed by atoms with Crippen molar-refractivity contribution < 1.29 is 0 Å². The van der Waals surface area contributed by atoms with Gasteiger partial charge in [-0.15, -0.1) is 0 Å². The first-order valence-electron chi connectivity index (χ1n) is 4.95. The molecule has 0 spiro atoms. The van der Waals surface area contributed by atoms with Crippen LogP contribution in [-0.4, -0.2) is 33.6 Å². The van der Waals surface area contributed by atoms with Crippen molar-refractivity contribution in [1.29, 1.82) is 0 Å². The van der Waals surface area contributed by atoms with Crippen molar-refractivity contribution in [2.45, 2.75) is 26.1 Å². The van der Waals surface area contributed by atoms with E-state index in [-0.39, 0.29) is 0 Å². The van der Waals surface area contributed by atoms with Gasteiger partial charge in [0.1, 0.15) is 0 Å². The average Bonchev–Trinajstić information content (AvgIpc) is 2.31. The first-order valence-corrected chi connectivity index (χ1v) is 8.45. The van der Waals surface area contributed by atoms with Crippen LogP contribution in [0.15, 0.2) is 22.9 Å². The highest BCUT2D eigenvalue weighted by molar-refractivity contribution is 6.83. The molecule has 74 valence electrons. The Morgan fingerprint density at radius 1 is 1.31 bits per heavy atom. The minimum absolute atomic E-state index is 1.06. The molecule has 0 aromatic heterocycles. The number of hydrogen-bond acceptors (Lipinski definition) is 1. The number of allylic oxidation sites excluding steroid dienone is 2. The lowest BCUT2D eigenvalue weighted by Crippen LogP contribution is -2.26. The molecule has 0 aromatic carbocycles. The summed E-state index contributed by atoms with van der Waals surface area (Å²) in [7, 11) is 3.22. The summed E-state index contributed by atoms with van der Waals surface area (Å²) in [6.45, 7) is 8.41. The Hall–Kier alpha value is -0.343. The molecular formula is C11H21NSi. The number of likely N-dealkylation sites (N-methyl/N-ethyl adjacent to an activating group) is 1. The van der Waals surface area contributed by atoms with Gasteiger partial charge in [0.2, 0.25) is 0 Å². The zero-order valence-corrected chi connectivity index (χ0v) is 10.5. The Balaban J connectivity index is 2.82. The third kappa shape index (κ3) is 2.81. The van der Waals surface area contributed by atoms with Crippen LogP contribution in [0.1, 0.15) is 6.42 Å². The Morgan fingerprint density at radius 3 is 2.38 bits per heavy atom. The van der Waals surface area contributed by atoms with Crippen LogP contribution in [0.25, 0.3) is 0 Å². The average molecular weight is 195 g/mol. The van der Waals surface area contributed by atoms with Crippen LogP contribution < -0.4 is 0 Å². The molecule has 0 atom stereocenters. The van der Waals surface area contributed by atoms with Crippen LogP contribution in [0.2, 0.25) is 19.6 Å². The summed E-state index contributed by atoms with van der Waals surface area (Å²) in [5, 5.41) is 1.74. The Kier molecular flexibility index (Phi) is 3.14. The molecule has 0 aromatic rings. The van der Waals surface area contributed by atoms with E-state index in [0.29, 0.717) is 0 Å². The highest BCUT2D eigenvalue weighted by atomic mass is 28.3. The largest absolute Gasteiger partial charge is 0.305 e. The predicted octanol–water partition coefficient (Wildman–Crippen LogP) is 2.68. The zero-order valence-electron chi connectivity index (χ0n) is 9.52. The second kappa shape index (κ2) is 3.80. The quantitative estimate of drug-likeness (QED) is 0.626. The van der Waals surface area contributed by atoms with Gasteiger partial charge >= 0.3 is 0 Å². The van der Waals surface area contributed by atoms with E-state index in [1.54, 1.807) is 10.8 Å². The first kappa shape index (κ1) is 10.7. The fourth-order valence-corrected chi connectivity index (χ4v) is 3.68. The Morgan fingerprint density at radius 2 is 1.92 bits per heavy atom. The maximum atomic E-state index is 2.44. The van der Waals surface area contributed by atoms with Crippen LogP contribution in [0.4, 0.5) is 0 Å². The lowest BCUT2D eigenvalue weighted by atomic mass is 10.3. The van der Waals surface area contributed by atoms with Crippen molar-refractivity contribution in [3.05, 3.63) is 22.9 Å². The summed E-state index contributed by atoms with van der Waals surface area (Å²) in [5.74, 6) is 0. The highest BCUT2D eigenvalue weighted by Crippen LogP contribution is 2.28. The van der Waals surface area contributed by atoms with Gasteiger partial charge in [-0.2, -0.15) is 0 Å². The van der Waals surface area contributed by atoms with Gasteiger partial charge in [-0.3, -0.25) is 0 Å². The van der Waals surface area contributed by atoms with E-state index in [1.165, 1.54) is 6.42 Å². The molecule has 0 unspecified atom stereocenters. The standard InChI is InChI=1S/C11H21NSi/c1-12(2)9-10-7-6-8-11(10)13(3,4)5/h6-7H,8-9H2,1-5H3. The van der Waals surface area contributed by atoms with Crippen molar-refractivity contribution in [2.75, 3.05) is 20.6 Å². The van der Waals surface area contributed by atoms with Crippen molar-refractivity contribution in [2.24, 2.45) is 0 Å². The predicted molar refractivity (Wildman–Crippen MR) is 62.7 cm³/mol. The van der Waals surface area contributed by atoms with Gasteiger partial charge in [0.05, 0.1) is 8.07 Å². The molecule has 0 heterocycles. The molecule has 1 nitrogen and oxygen atoms in total. The van der Waals surface area contributed by atoms with Crippen molar-refractivity contribution in [3.63, 3.8) is 0 Å². The minimum Gasteiger partial charge on any atom is -0.305 e. The summed E-state index contributed by atoms with van der Waals surface area (Å²) in [4.78, 5) is 2.26. The third-order valence-corrected chi connectivity index (χ3v) is 4.76. The molecule has 0 fully saturated rings. The molecule has 0 aliphatic heterocycles. The van der Waals surface area contributed by atoms with Crippen LogP contribution in [0.3, 0.4) is 0 Å². The molecule has 1 aliphatic carbocycles. The maximum absolute atomic E-state index is 2.44. The summed E-state index contributed by atoms with van der Waals surface area (Å²) in [6, 6.07) is 0. The van der Waals surface area contributed by atoms with Gasteiger partial charge in [0, 0.05) is 6.54 Å². The van der Waals surface area contributed by atoms with Gasteiger partial charge in [-0.25, -0.2) is 0 Å². The van der Waals surface area contributed by atoms with Gasteiger partial charge in [-0.1, -0.05) is 37.0 Å². The van der Waals surface area contributed by atoms with Crippen LogP contribution in [-0.2, 0) is 0 Å².